The first-order valence-electron chi connectivity index (χ1n) is 7.07. The lowest BCUT2D eigenvalue weighted by atomic mass is 10.3. The monoisotopic (exact) mass is 324 g/mol. The molecule has 2 rings (SSSR count). The number of thiazole rings is 1. The Bertz CT molecular complexity index is 579. The van der Waals surface area contributed by atoms with Crippen LogP contribution in [-0.2, 0) is 6.42 Å². The van der Waals surface area contributed by atoms with Gasteiger partial charge in [0.2, 0.25) is 0 Å². The highest BCUT2D eigenvalue weighted by atomic mass is 32.1. The fourth-order valence-electron chi connectivity index (χ4n) is 2.02. The molecule has 4 nitrogen and oxygen atoms in total. The second-order valence-electron chi connectivity index (χ2n) is 4.97. The van der Waals surface area contributed by atoms with E-state index in [-0.39, 0.29) is 0 Å². The minimum atomic E-state index is -0.888. The Kier molecular flexibility index (Phi) is 5.90. The SMILES string of the molecule is CCCCN(C)CCc1nc(-c2cccs2)c(C(=O)O)s1. The molecule has 1 N–H and O–H groups in total. The van der Waals surface area contributed by atoms with E-state index in [9.17, 15) is 9.90 Å². The molecule has 114 valence electrons. The highest BCUT2D eigenvalue weighted by molar-refractivity contribution is 7.16. The number of likely N-dealkylation sites (N-methyl/N-ethyl adjacent to an activating group) is 1. The molecule has 0 saturated heterocycles. The van der Waals surface area contributed by atoms with Crippen LogP contribution in [0.5, 0.6) is 0 Å². The van der Waals surface area contributed by atoms with Gasteiger partial charge in [-0.25, -0.2) is 9.78 Å². The Morgan fingerprint density at radius 2 is 2.24 bits per heavy atom. The third kappa shape index (κ3) is 4.36. The average Bonchev–Trinajstić information content (AvgIpc) is 3.10. The summed E-state index contributed by atoms with van der Waals surface area (Å²) in [5.74, 6) is -0.888. The first-order valence-corrected chi connectivity index (χ1v) is 8.76. The predicted molar refractivity (Wildman–Crippen MR) is 88.5 cm³/mol. The molecule has 0 aliphatic rings. The van der Waals surface area contributed by atoms with Crippen molar-refractivity contribution in [3.8, 4) is 10.6 Å². The minimum absolute atomic E-state index is 0.351. The van der Waals surface area contributed by atoms with Crippen LogP contribution in [0.1, 0.15) is 34.4 Å². The van der Waals surface area contributed by atoms with Crippen LogP contribution in [0.3, 0.4) is 0 Å². The van der Waals surface area contributed by atoms with Crippen LogP contribution in [0.4, 0.5) is 0 Å². The standard InChI is InChI=1S/C15H20N2O2S2/c1-3-4-8-17(2)9-7-12-16-13(11-6-5-10-20-11)14(21-12)15(18)19/h5-6,10H,3-4,7-9H2,1-2H3,(H,18,19). The van der Waals surface area contributed by atoms with Crippen LogP contribution in [0.25, 0.3) is 10.6 Å². The first-order chi connectivity index (χ1) is 10.1. The van der Waals surface area contributed by atoms with E-state index in [0.29, 0.717) is 10.6 Å². The summed E-state index contributed by atoms with van der Waals surface area (Å²) in [4.78, 5) is 19.5. The van der Waals surface area contributed by atoms with E-state index < -0.39 is 5.97 Å². The summed E-state index contributed by atoms with van der Waals surface area (Å²) in [6, 6.07) is 3.84. The summed E-state index contributed by atoms with van der Waals surface area (Å²) in [6.45, 7) is 4.17. The van der Waals surface area contributed by atoms with Crippen molar-refractivity contribution in [3.63, 3.8) is 0 Å². The number of carboxylic acid groups (broad SMARTS) is 1. The van der Waals surface area contributed by atoms with E-state index in [4.69, 9.17) is 0 Å². The van der Waals surface area contributed by atoms with E-state index >= 15 is 0 Å². The maximum atomic E-state index is 11.4. The topological polar surface area (TPSA) is 53.4 Å². The summed E-state index contributed by atoms with van der Waals surface area (Å²) in [5, 5.41) is 12.2. The summed E-state index contributed by atoms with van der Waals surface area (Å²) in [5.41, 5.74) is 0.619. The number of rotatable bonds is 8. The summed E-state index contributed by atoms with van der Waals surface area (Å²) < 4.78 is 0. The van der Waals surface area contributed by atoms with Crippen LogP contribution in [-0.4, -0.2) is 41.1 Å². The Labute approximate surface area is 133 Å². The fourth-order valence-corrected chi connectivity index (χ4v) is 3.71. The average molecular weight is 324 g/mol. The van der Waals surface area contributed by atoms with E-state index in [1.54, 1.807) is 0 Å². The second-order valence-corrected chi connectivity index (χ2v) is 7.01. The maximum absolute atomic E-state index is 11.4. The van der Waals surface area contributed by atoms with Crippen molar-refractivity contribution in [1.29, 1.82) is 0 Å². The molecule has 2 heterocycles. The first kappa shape index (κ1) is 16.1. The Morgan fingerprint density at radius 1 is 1.43 bits per heavy atom. The minimum Gasteiger partial charge on any atom is -0.477 e. The van der Waals surface area contributed by atoms with Crippen molar-refractivity contribution in [2.45, 2.75) is 26.2 Å². The molecule has 0 unspecified atom stereocenters. The summed E-state index contributed by atoms with van der Waals surface area (Å²) in [7, 11) is 2.10. The number of aromatic nitrogens is 1. The van der Waals surface area contributed by atoms with Gasteiger partial charge in [-0.2, -0.15) is 0 Å². The van der Waals surface area contributed by atoms with Crippen molar-refractivity contribution in [2.24, 2.45) is 0 Å². The number of thiophene rings is 1. The van der Waals surface area contributed by atoms with Crippen LogP contribution >= 0.6 is 22.7 Å². The van der Waals surface area contributed by atoms with Gasteiger partial charge in [-0.05, 0) is 31.5 Å². The largest absolute Gasteiger partial charge is 0.477 e. The normalized spacial score (nSPS) is 11.2. The van der Waals surface area contributed by atoms with Crippen molar-refractivity contribution in [3.05, 3.63) is 27.4 Å². The third-order valence-corrected chi connectivity index (χ3v) is 5.20. The highest BCUT2D eigenvalue weighted by Gasteiger charge is 2.19. The van der Waals surface area contributed by atoms with Crippen molar-refractivity contribution in [2.75, 3.05) is 20.1 Å². The van der Waals surface area contributed by atoms with Gasteiger partial charge in [-0.3, -0.25) is 0 Å². The number of aromatic carboxylic acids is 1. The van der Waals surface area contributed by atoms with Crippen LogP contribution in [0.2, 0.25) is 0 Å². The molecule has 0 bridgehead atoms. The van der Waals surface area contributed by atoms with Gasteiger partial charge >= 0.3 is 5.97 Å². The molecule has 0 aliphatic carbocycles. The number of hydrogen-bond donors (Lipinski definition) is 1. The van der Waals surface area contributed by atoms with E-state index in [1.807, 2.05) is 17.5 Å². The Hall–Kier alpha value is -1.24. The van der Waals surface area contributed by atoms with Gasteiger partial charge in [-0.15, -0.1) is 22.7 Å². The molecule has 2 aromatic heterocycles. The van der Waals surface area contributed by atoms with E-state index in [1.165, 1.54) is 35.5 Å². The maximum Gasteiger partial charge on any atom is 0.348 e. The summed E-state index contributed by atoms with van der Waals surface area (Å²) in [6.07, 6.45) is 3.18. The molecule has 0 atom stereocenters. The molecular formula is C15H20N2O2S2. The van der Waals surface area contributed by atoms with E-state index in [2.05, 4.69) is 23.9 Å². The van der Waals surface area contributed by atoms with Crippen LogP contribution in [0.15, 0.2) is 17.5 Å². The predicted octanol–water partition coefficient (Wildman–Crippen LogP) is 3.84. The Balaban J connectivity index is 2.08. The molecule has 2 aromatic rings. The lowest BCUT2D eigenvalue weighted by Crippen LogP contribution is -2.22. The van der Waals surface area contributed by atoms with Gasteiger partial charge in [0.25, 0.3) is 0 Å². The molecule has 0 spiro atoms. The van der Waals surface area contributed by atoms with Gasteiger partial charge < -0.3 is 10.0 Å². The Morgan fingerprint density at radius 3 is 2.86 bits per heavy atom. The molecule has 0 radical (unpaired) electrons. The van der Waals surface area contributed by atoms with Gasteiger partial charge in [0, 0.05) is 13.0 Å². The van der Waals surface area contributed by atoms with Crippen molar-refractivity contribution in [1.82, 2.24) is 9.88 Å². The van der Waals surface area contributed by atoms with Crippen LogP contribution in [0, 0.1) is 0 Å². The number of carbonyl (C=O) groups is 1. The number of nitrogens with zero attached hydrogens (tertiary/aromatic N) is 2. The number of carboxylic acids is 1. The second kappa shape index (κ2) is 7.68. The molecule has 6 heteroatoms. The number of hydrogen-bond acceptors (Lipinski definition) is 5. The summed E-state index contributed by atoms with van der Waals surface area (Å²) >= 11 is 2.83. The zero-order chi connectivity index (χ0) is 15.2. The fraction of sp³-hybridized carbons (Fsp3) is 0.467. The van der Waals surface area contributed by atoms with Gasteiger partial charge in [-0.1, -0.05) is 19.4 Å². The smallest absolute Gasteiger partial charge is 0.348 e. The zero-order valence-corrected chi connectivity index (χ0v) is 14.0. The molecular weight excluding hydrogens is 304 g/mol. The van der Waals surface area contributed by atoms with Crippen molar-refractivity contribution < 1.29 is 9.90 Å². The molecule has 0 aromatic carbocycles. The lowest BCUT2D eigenvalue weighted by Gasteiger charge is -2.14. The lowest BCUT2D eigenvalue weighted by molar-refractivity contribution is 0.0703. The van der Waals surface area contributed by atoms with Crippen LogP contribution < -0.4 is 0 Å². The quantitative estimate of drug-likeness (QED) is 0.801. The molecule has 0 aliphatic heterocycles. The molecule has 0 saturated carbocycles. The van der Waals surface area contributed by atoms with Gasteiger partial charge in [0.05, 0.1) is 9.88 Å². The van der Waals surface area contributed by atoms with E-state index in [0.717, 1.165) is 29.4 Å². The van der Waals surface area contributed by atoms with Crippen molar-refractivity contribution >= 4 is 28.6 Å². The molecule has 0 fully saturated rings. The zero-order valence-electron chi connectivity index (χ0n) is 12.3. The molecule has 0 amide bonds. The number of unbranched alkanes of at least 4 members (excludes halogenated alkanes) is 1. The van der Waals surface area contributed by atoms with Gasteiger partial charge in [0.15, 0.2) is 0 Å². The molecule has 21 heavy (non-hydrogen) atoms. The highest BCUT2D eigenvalue weighted by Crippen LogP contribution is 2.31. The van der Waals surface area contributed by atoms with Gasteiger partial charge in [0.1, 0.15) is 10.6 Å². The third-order valence-electron chi connectivity index (χ3n) is 3.22.